The Hall–Kier alpha value is -2.34. The highest BCUT2D eigenvalue weighted by molar-refractivity contribution is 5.76. The molecule has 27 heavy (non-hydrogen) atoms. The summed E-state index contributed by atoms with van der Waals surface area (Å²) >= 11 is 0. The molecular formula is C21H29N3O3. The van der Waals surface area contributed by atoms with E-state index < -0.39 is 0 Å². The number of hydrogen-bond acceptors (Lipinski definition) is 4. The number of ether oxygens (including phenoxy) is 2. The average molecular weight is 371 g/mol. The van der Waals surface area contributed by atoms with E-state index in [0.29, 0.717) is 18.9 Å². The standard InChI is InChI=1S/C21H29N3O3/c1-16-15-23-21(18-9-13-27-14-10-18)24(16)12-11-22-20(25)8-5-17-3-6-19(26-2)7-4-17/h3-4,6-7,15,18H,5,8-14H2,1-2H3,(H,22,25). The molecule has 0 spiro atoms. The van der Waals surface area contributed by atoms with Crippen LogP contribution in [0.4, 0.5) is 0 Å². The van der Waals surface area contributed by atoms with Crippen LogP contribution in [0.5, 0.6) is 5.75 Å². The van der Waals surface area contributed by atoms with Crippen molar-refractivity contribution in [2.24, 2.45) is 0 Å². The van der Waals surface area contributed by atoms with Crippen molar-refractivity contribution in [2.75, 3.05) is 26.9 Å². The Bertz CT molecular complexity index is 734. The zero-order chi connectivity index (χ0) is 19.1. The first-order chi connectivity index (χ1) is 13.2. The largest absolute Gasteiger partial charge is 0.497 e. The molecule has 0 radical (unpaired) electrons. The Balaban J connectivity index is 1.45. The Morgan fingerprint density at radius 1 is 1.30 bits per heavy atom. The molecule has 6 heteroatoms. The Morgan fingerprint density at radius 2 is 2.04 bits per heavy atom. The van der Waals surface area contributed by atoms with Gasteiger partial charge in [-0.1, -0.05) is 12.1 Å². The minimum Gasteiger partial charge on any atom is -0.497 e. The van der Waals surface area contributed by atoms with E-state index in [4.69, 9.17) is 9.47 Å². The molecule has 1 amide bonds. The topological polar surface area (TPSA) is 65.4 Å². The van der Waals surface area contributed by atoms with Crippen LogP contribution in [0.3, 0.4) is 0 Å². The molecule has 1 N–H and O–H groups in total. The van der Waals surface area contributed by atoms with Gasteiger partial charge in [0.25, 0.3) is 0 Å². The number of rotatable bonds is 8. The summed E-state index contributed by atoms with van der Waals surface area (Å²) in [6.07, 6.45) is 5.18. The maximum Gasteiger partial charge on any atom is 0.220 e. The van der Waals surface area contributed by atoms with Gasteiger partial charge < -0.3 is 19.4 Å². The van der Waals surface area contributed by atoms with Crippen molar-refractivity contribution >= 4 is 5.91 Å². The quantitative estimate of drug-likeness (QED) is 0.775. The van der Waals surface area contributed by atoms with Gasteiger partial charge in [0.05, 0.1) is 7.11 Å². The van der Waals surface area contributed by atoms with E-state index in [-0.39, 0.29) is 5.91 Å². The van der Waals surface area contributed by atoms with Crippen molar-refractivity contribution in [3.8, 4) is 5.75 Å². The van der Waals surface area contributed by atoms with Crippen LogP contribution in [0.2, 0.25) is 0 Å². The summed E-state index contributed by atoms with van der Waals surface area (Å²) in [6.45, 7) is 5.06. The van der Waals surface area contributed by atoms with Gasteiger partial charge in [-0.2, -0.15) is 0 Å². The van der Waals surface area contributed by atoms with Crippen molar-refractivity contribution in [3.05, 3.63) is 47.5 Å². The third kappa shape index (κ3) is 5.32. The van der Waals surface area contributed by atoms with Crippen LogP contribution in [-0.4, -0.2) is 42.3 Å². The normalized spacial score (nSPS) is 14.9. The molecule has 146 valence electrons. The Morgan fingerprint density at radius 3 is 2.74 bits per heavy atom. The molecule has 0 saturated carbocycles. The van der Waals surface area contributed by atoms with Crippen molar-refractivity contribution in [1.82, 2.24) is 14.9 Å². The van der Waals surface area contributed by atoms with Crippen LogP contribution in [-0.2, 0) is 22.5 Å². The number of nitrogens with one attached hydrogen (secondary N) is 1. The van der Waals surface area contributed by atoms with E-state index in [1.807, 2.05) is 30.5 Å². The number of hydrogen-bond donors (Lipinski definition) is 1. The highest BCUT2D eigenvalue weighted by Gasteiger charge is 2.21. The van der Waals surface area contributed by atoms with Gasteiger partial charge in [-0.25, -0.2) is 4.98 Å². The van der Waals surface area contributed by atoms with E-state index in [0.717, 1.165) is 61.9 Å². The van der Waals surface area contributed by atoms with E-state index >= 15 is 0 Å². The third-order valence-electron chi connectivity index (χ3n) is 5.13. The van der Waals surface area contributed by atoms with Crippen LogP contribution in [0, 0.1) is 6.92 Å². The highest BCUT2D eigenvalue weighted by atomic mass is 16.5. The first-order valence-corrected chi connectivity index (χ1v) is 9.66. The maximum absolute atomic E-state index is 12.2. The smallest absolute Gasteiger partial charge is 0.220 e. The number of benzene rings is 1. The van der Waals surface area contributed by atoms with Gasteiger partial charge >= 0.3 is 0 Å². The summed E-state index contributed by atoms with van der Waals surface area (Å²) in [5.74, 6) is 2.50. The van der Waals surface area contributed by atoms with Crippen LogP contribution < -0.4 is 10.1 Å². The minimum absolute atomic E-state index is 0.0798. The van der Waals surface area contributed by atoms with E-state index in [9.17, 15) is 4.79 Å². The van der Waals surface area contributed by atoms with E-state index in [1.165, 1.54) is 0 Å². The molecule has 0 unspecified atom stereocenters. The van der Waals surface area contributed by atoms with Crippen molar-refractivity contribution in [1.29, 1.82) is 0 Å². The second-order valence-electron chi connectivity index (χ2n) is 6.99. The Kier molecular flexibility index (Phi) is 6.87. The summed E-state index contributed by atoms with van der Waals surface area (Å²) in [7, 11) is 1.65. The fourth-order valence-corrected chi connectivity index (χ4v) is 3.50. The van der Waals surface area contributed by atoms with Gasteiger partial charge in [0.2, 0.25) is 5.91 Å². The number of aryl methyl sites for hydroxylation is 2. The number of carbonyl (C=O) groups excluding carboxylic acids is 1. The first-order valence-electron chi connectivity index (χ1n) is 9.66. The fraction of sp³-hybridized carbons (Fsp3) is 0.524. The number of nitrogens with zero attached hydrogens (tertiary/aromatic N) is 2. The summed E-state index contributed by atoms with van der Waals surface area (Å²) in [4.78, 5) is 16.8. The SMILES string of the molecule is COc1ccc(CCC(=O)NCCn2c(C)cnc2C2CCOCC2)cc1. The number of aromatic nitrogens is 2. The van der Waals surface area contributed by atoms with Crippen molar-refractivity contribution < 1.29 is 14.3 Å². The minimum atomic E-state index is 0.0798. The van der Waals surface area contributed by atoms with Gasteiger partial charge in [-0.15, -0.1) is 0 Å². The molecule has 0 aliphatic carbocycles. The Labute approximate surface area is 160 Å². The molecule has 1 aromatic carbocycles. The van der Waals surface area contributed by atoms with Gasteiger partial charge in [0, 0.05) is 50.5 Å². The van der Waals surface area contributed by atoms with Crippen LogP contribution in [0.15, 0.2) is 30.5 Å². The molecule has 6 nitrogen and oxygen atoms in total. The number of methoxy groups -OCH3 is 1. The molecule has 2 heterocycles. The molecule has 1 fully saturated rings. The van der Waals surface area contributed by atoms with Crippen molar-refractivity contribution in [2.45, 2.75) is 45.1 Å². The average Bonchev–Trinajstić information content (AvgIpc) is 3.08. The predicted molar refractivity (Wildman–Crippen MR) is 104 cm³/mol. The number of imidazole rings is 1. The van der Waals surface area contributed by atoms with Gasteiger partial charge in [-0.05, 0) is 43.9 Å². The van der Waals surface area contributed by atoms with E-state index in [1.54, 1.807) is 7.11 Å². The van der Waals surface area contributed by atoms with E-state index in [2.05, 4.69) is 21.8 Å². The highest BCUT2D eigenvalue weighted by Crippen LogP contribution is 2.26. The summed E-state index contributed by atoms with van der Waals surface area (Å²) in [5, 5.41) is 3.03. The lowest BCUT2D eigenvalue weighted by Gasteiger charge is -2.23. The summed E-state index contributed by atoms with van der Waals surface area (Å²) < 4.78 is 12.8. The molecule has 1 aliphatic rings. The summed E-state index contributed by atoms with van der Waals surface area (Å²) in [5.41, 5.74) is 2.28. The van der Waals surface area contributed by atoms with Crippen LogP contribution in [0.25, 0.3) is 0 Å². The monoisotopic (exact) mass is 371 g/mol. The molecule has 1 aromatic heterocycles. The number of amides is 1. The van der Waals surface area contributed by atoms with Gasteiger partial charge in [0.1, 0.15) is 11.6 Å². The molecule has 0 bridgehead atoms. The molecule has 3 rings (SSSR count). The van der Waals surface area contributed by atoms with Crippen molar-refractivity contribution in [3.63, 3.8) is 0 Å². The lowest BCUT2D eigenvalue weighted by atomic mass is 9.99. The predicted octanol–water partition coefficient (Wildman–Crippen LogP) is 2.84. The molecule has 0 atom stereocenters. The number of carbonyl (C=O) groups is 1. The lowest BCUT2D eigenvalue weighted by Crippen LogP contribution is -2.28. The van der Waals surface area contributed by atoms with Gasteiger partial charge in [-0.3, -0.25) is 4.79 Å². The van der Waals surface area contributed by atoms with Crippen LogP contribution >= 0.6 is 0 Å². The first kappa shape index (κ1) is 19.4. The zero-order valence-electron chi connectivity index (χ0n) is 16.2. The second-order valence-corrected chi connectivity index (χ2v) is 6.99. The molecular weight excluding hydrogens is 342 g/mol. The maximum atomic E-state index is 12.2. The fourth-order valence-electron chi connectivity index (χ4n) is 3.50. The summed E-state index contributed by atoms with van der Waals surface area (Å²) in [6, 6.07) is 7.85. The molecule has 1 saturated heterocycles. The molecule has 1 aliphatic heterocycles. The van der Waals surface area contributed by atoms with Crippen LogP contribution in [0.1, 0.15) is 42.3 Å². The lowest BCUT2D eigenvalue weighted by molar-refractivity contribution is -0.121. The second kappa shape index (κ2) is 9.55. The van der Waals surface area contributed by atoms with Gasteiger partial charge in [0.15, 0.2) is 0 Å². The third-order valence-corrected chi connectivity index (χ3v) is 5.13. The molecule has 2 aromatic rings. The zero-order valence-corrected chi connectivity index (χ0v) is 16.2.